The number of aromatic nitrogens is 3. The molecule has 0 spiro atoms. The molecule has 6 nitrogen and oxygen atoms in total. The maximum atomic E-state index is 12.3. The summed E-state index contributed by atoms with van der Waals surface area (Å²) in [4.78, 5) is 17.7. The van der Waals surface area contributed by atoms with Gasteiger partial charge in [0.15, 0.2) is 0 Å². The van der Waals surface area contributed by atoms with Gasteiger partial charge < -0.3 is 10.4 Å². The van der Waals surface area contributed by atoms with Crippen LogP contribution in [0.1, 0.15) is 28.3 Å². The first kappa shape index (κ1) is 16.5. The third kappa shape index (κ3) is 2.90. The molecule has 1 atom stereocenters. The molecule has 0 aromatic carbocycles. The first-order chi connectivity index (χ1) is 12.7. The topological polar surface area (TPSA) is 80.0 Å². The lowest BCUT2D eigenvalue weighted by molar-refractivity contribution is -0.116. The normalized spacial score (nSPS) is 15.8. The first-order valence-electron chi connectivity index (χ1n) is 8.13. The van der Waals surface area contributed by atoms with Crippen LogP contribution in [0.25, 0.3) is 11.4 Å². The Kier molecular flexibility index (Phi) is 4.29. The van der Waals surface area contributed by atoms with Crippen molar-refractivity contribution in [2.75, 3.05) is 11.9 Å². The maximum absolute atomic E-state index is 12.3. The minimum absolute atomic E-state index is 0.0329. The van der Waals surface area contributed by atoms with E-state index in [1.165, 1.54) is 0 Å². The van der Waals surface area contributed by atoms with Gasteiger partial charge in [-0.3, -0.25) is 14.5 Å². The van der Waals surface area contributed by atoms with Gasteiger partial charge in [-0.15, -0.1) is 11.3 Å². The van der Waals surface area contributed by atoms with Gasteiger partial charge in [0.2, 0.25) is 5.91 Å². The number of thiophene rings is 1. The molecule has 26 heavy (non-hydrogen) atoms. The zero-order chi connectivity index (χ0) is 18.1. The van der Waals surface area contributed by atoms with Gasteiger partial charge in [-0.1, -0.05) is 17.9 Å². The lowest BCUT2D eigenvalue weighted by atomic mass is 9.89. The lowest BCUT2D eigenvalue weighted by Crippen LogP contribution is -2.24. The van der Waals surface area contributed by atoms with Crippen LogP contribution in [-0.4, -0.2) is 32.4 Å². The molecule has 130 valence electrons. The molecule has 2 N–H and O–H groups in total. The van der Waals surface area contributed by atoms with Gasteiger partial charge in [-0.25, -0.2) is 0 Å². The van der Waals surface area contributed by atoms with Gasteiger partial charge in [-0.05, 0) is 18.2 Å². The Bertz CT molecular complexity index is 1030. The number of pyridine rings is 1. The van der Waals surface area contributed by atoms with Crippen molar-refractivity contribution in [2.45, 2.75) is 12.3 Å². The van der Waals surface area contributed by atoms with E-state index in [4.69, 9.17) is 5.11 Å². The second-order valence-corrected chi connectivity index (χ2v) is 6.89. The van der Waals surface area contributed by atoms with Gasteiger partial charge in [-0.2, -0.15) is 5.10 Å². The molecule has 0 aliphatic carbocycles. The van der Waals surface area contributed by atoms with E-state index in [0.717, 1.165) is 27.4 Å². The quantitative estimate of drug-likeness (QED) is 0.684. The Labute approximate surface area is 154 Å². The van der Waals surface area contributed by atoms with E-state index < -0.39 is 0 Å². The number of carbonyl (C=O) groups is 1. The SMILES string of the molecule is Cn1nc(-c2ccccn2)c2c1NC(=O)C[C@H]2c1cc(C#CCO)cs1. The largest absolute Gasteiger partial charge is 0.384 e. The summed E-state index contributed by atoms with van der Waals surface area (Å²) in [6, 6.07) is 7.69. The van der Waals surface area contributed by atoms with Gasteiger partial charge in [0.1, 0.15) is 18.1 Å². The predicted octanol–water partition coefficient (Wildman–Crippen LogP) is 2.36. The van der Waals surface area contributed by atoms with Gasteiger partial charge in [0, 0.05) is 47.0 Å². The molecule has 4 rings (SSSR count). The van der Waals surface area contributed by atoms with Crippen molar-refractivity contribution < 1.29 is 9.90 Å². The number of aryl methyl sites for hydroxylation is 1. The highest BCUT2D eigenvalue weighted by atomic mass is 32.1. The van der Waals surface area contributed by atoms with Crippen molar-refractivity contribution in [3.8, 4) is 23.2 Å². The van der Waals surface area contributed by atoms with Gasteiger partial charge in [0.25, 0.3) is 0 Å². The van der Waals surface area contributed by atoms with E-state index in [-0.39, 0.29) is 18.4 Å². The number of carbonyl (C=O) groups excluding carboxylic acids is 1. The minimum atomic E-state index is -0.173. The highest BCUT2D eigenvalue weighted by Crippen LogP contribution is 2.43. The van der Waals surface area contributed by atoms with Crippen molar-refractivity contribution in [2.24, 2.45) is 7.05 Å². The van der Waals surface area contributed by atoms with Crippen molar-refractivity contribution >= 4 is 23.1 Å². The molecule has 7 heteroatoms. The van der Waals surface area contributed by atoms with E-state index in [1.54, 1.807) is 22.2 Å². The molecule has 1 amide bonds. The van der Waals surface area contributed by atoms with Crippen LogP contribution in [0.4, 0.5) is 5.82 Å². The van der Waals surface area contributed by atoms with Gasteiger partial charge >= 0.3 is 0 Å². The molecule has 3 aromatic heterocycles. The average Bonchev–Trinajstić information content (AvgIpc) is 3.25. The minimum Gasteiger partial charge on any atom is -0.384 e. The number of nitrogens with one attached hydrogen (secondary N) is 1. The summed E-state index contributed by atoms with van der Waals surface area (Å²) in [7, 11) is 1.82. The number of anilines is 1. The summed E-state index contributed by atoms with van der Waals surface area (Å²) in [6.45, 7) is -0.173. The fourth-order valence-corrected chi connectivity index (χ4v) is 4.12. The highest BCUT2D eigenvalue weighted by Gasteiger charge is 2.34. The third-order valence-electron chi connectivity index (χ3n) is 4.26. The van der Waals surface area contributed by atoms with Gasteiger partial charge in [0.05, 0.1) is 5.69 Å². The van der Waals surface area contributed by atoms with Crippen LogP contribution in [0, 0.1) is 11.8 Å². The fraction of sp³-hybridized carbons (Fsp3) is 0.211. The Morgan fingerprint density at radius 1 is 1.46 bits per heavy atom. The Morgan fingerprint density at radius 2 is 2.35 bits per heavy atom. The first-order valence-corrected chi connectivity index (χ1v) is 9.01. The molecule has 0 saturated carbocycles. The summed E-state index contributed by atoms with van der Waals surface area (Å²) in [6.07, 6.45) is 2.09. The van der Waals surface area contributed by atoms with E-state index in [1.807, 2.05) is 36.7 Å². The number of rotatable bonds is 2. The number of hydrogen-bond acceptors (Lipinski definition) is 5. The number of nitrogens with zero attached hydrogens (tertiary/aromatic N) is 3. The Morgan fingerprint density at radius 3 is 3.12 bits per heavy atom. The highest BCUT2D eigenvalue weighted by molar-refractivity contribution is 7.10. The maximum Gasteiger partial charge on any atom is 0.226 e. The summed E-state index contributed by atoms with van der Waals surface area (Å²) < 4.78 is 1.70. The van der Waals surface area contributed by atoms with Crippen molar-refractivity contribution in [1.82, 2.24) is 14.8 Å². The van der Waals surface area contributed by atoms with Crippen LogP contribution in [0.5, 0.6) is 0 Å². The lowest BCUT2D eigenvalue weighted by Gasteiger charge is -2.23. The second kappa shape index (κ2) is 6.75. The molecule has 0 radical (unpaired) electrons. The third-order valence-corrected chi connectivity index (χ3v) is 5.31. The molecule has 0 bridgehead atoms. The van der Waals surface area contributed by atoms with Crippen molar-refractivity contribution in [1.29, 1.82) is 0 Å². The number of aliphatic hydroxyl groups is 1. The zero-order valence-corrected chi connectivity index (χ0v) is 14.9. The van der Waals surface area contributed by atoms with E-state index in [9.17, 15) is 4.79 Å². The number of aliphatic hydroxyl groups excluding tert-OH is 1. The van der Waals surface area contributed by atoms with Crippen molar-refractivity contribution in [3.63, 3.8) is 0 Å². The van der Waals surface area contributed by atoms with E-state index >= 15 is 0 Å². The fourth-order valence-electron chi connectivity index (χ4n) is 3.17. The number of amides is 1. The summed E-state index contributed by atoms with van der Waals surface area (Å²) in [5.41, 5.74) is 3.39. The van der Waals surface area contributed by atoms with Crippen LogP contribution in [0.3, 0.4) is 0 Å². The Hall–Kier alpha value is -2.95. The molecular weight excluding hydrogens is 348 g/mol. The van der Waals surface area contributed by atoms with Crippen LogP contribution in [-0.2, 0) is 11.8 Å². The standard InChI is InChI=1S/C19H16N4O2S/c1-23-19-17(18(22-23)14-6-2-3-7-20-14)13(10-16(25)21-19)15-9-12(11-26-15)5-4-8-24/h2-3,6-7,9,11,13,24H,8,10H2,1H3,(H,21,25)/t13-/m0/s1. The van der Waals surface area contributed by atoms with Crippen LogP contribution < -0.4 is 5.32 Å². The molecular formula is C19H16N4O2S. The summed E-state index contributed by atoms with van der Waals surface area (Å²) in [5, 5.41) is 18.4. The van der Waals surface area contributed by atoms with Crippen LogP contribution in [0.2, 0.25) is 0 Å². The monoisotopic (exact) mass is 364 g/mol. The average molecular weight is 364 g/mol. The Balaban J connectivity index is 1.84. The zero-order valence-electron chi connectivity index (χ0n) is 14.1. The molecule has 0 fully saturated rings. The molecule has 3 aromatic rings. The second-order valence-electron chi connectivity index (χ2n) is 5.95. The number of hydrogen-bond donors (Lipinski definition) is 2. The van der Waals surface area contributed by atoms with Crippen LogP contribution in [0.15, 0.2) is 35.8 Å². The number of fused-ring (bicyclic) bond motifs is 1. The van der Waals surface area contributed by atoms with E-state index in [2.05, 4.69) is 27.2 Å². The summed E-state index contributed by atoms with van der Waals surface area (Å²) in [5.74, 6) is 6.15. The van der Waals surface area contributed by atoms with Crippen LogP contribution >= 0.6 is 11.3 Å². The van der Waals surface area contributed by atoms with Crippen molar-refractivity contribution in [3.05, 3.63) is 51.8 Å². The smallest absolute Gasteiger partial charge is 0.226 e. The molecule has 1 aliphatic rings. The molecule has 0 unspecified atom stereocenters. The molecule has 4 heterocycles. The molecule has 0 saturated heterocycles. The van der Waals surface area contributed by atoms with E-state index in [0.29, 0.717) is 12.2 Å². The predicted molar refractivity (Wildman–Crippen MR) is 99.8 cm³/mol. The molecule has 1 aliphatic heterocycles. The summed E-state index contributed by atoms with van der Waals surface area (Å²) >= 11 is 1.56.